The fourth-order valence-corrected chi connectivity index (χ4v) is 1.72. The molecule has 0 aromatic rings. The van der Waals surface area contributed by atoms with Gasteiger partial charge >= 0.3 is 6.09 Å². The average molecular weight is 201 g/mol. The molecule has 1 amide bonds. The van der Waals surface area contributed by atoms with Crippen LogP contribution in [0.2, 0.25) is 0 Å². The first kappa shape index (κ1) is 11.3. The minimum atomic E-state index is -0.206. The molecular weight excluding hydrogens is 182 g/mol. The summed E-state index contributed by atoms with van der Waals surface area (Å²) in [7, 11) is 0. The molecule has 4 nitrogen and oxygen atoms in total. The molecule has 0 aromatic carbocycles. The fourth-order valence-electron chi connectivity index (χ4n) is 1.72. The predicted molar refractivity (Wildman–Crippen MR) is 53.0 cm³/mol. The Morgan fingerprint density at radius 1 is 1.57 bits per heavy atom. The molecule has 1 N–H and O–H groups in total. The molecule has 1 aliphatic rings. The van der Waals surface area contributed by atoms with Crippen molar-refractivity contribution in [2.24, 2.45) is 5.41 Å². The first-order valence-corrected chi connectivity index (χ1v) is 5.08. The molecule has 1 fully saturated rings. The summed E-state index contributed by atoms with van der Waals surface area (Å²) in [5.41, 5.74) is 0.0616. The quantitative estimate of drug-likeness (QED) is 0.728. The number of ether oxygens (including phenoxy) is 1. The Bertz CT molecular complexity index is 204. The van der Waals surface area contributed by atoms with Gasteiger partial charge in [0.15, 0.2) is 0 Å². The van der Waals surface area contributed by atoms with Crippen molar-refractivity contribution in [3.63, 3.8) is 0 Å². The van der Waals surface area contributed by atoms with Crippen molar-refractivity contribution in [2.75, 3.05) is 26.3 Å². The standard InChI is InChI=1S/C10H19NO3/c1-10(2,4-3-6-12)8-11-5-7-14-9(11)13/h12H,3-8H2,1-2H3. The number of hydrogen-bond acceptors (Lipinski definition) is 3. The van der Waals surface area contributed by atoms with E-state index in [9.17, 15) is 4.79 Å². The number of amides is 1. The second kappa shape index (κ2) is 4.64. The summed E-state index contributed by atoms with van der Waals surface area (Å²) in [5.74, 6) is 0. The molecule has 1 saturated heterocycles. The molecule has 0 aromatic heterocycles. The highest BCUT2D eigenvalue weighted by molar-refractivity contribution is 5.69. The first-order chi connectivity index (χ1) is 6.55. The SMILES string of the molecule is CC(C)(CCCO)CN1CCOC1=O. The maximum absolute atomic E-state index is 11.2. The van der Waals surface area contributed by atoms with Gasteiger partial charge in [0.25, 0.3) is 0 Å². The molecule has 0 unspecified atom stereocenters. The highest BCUT2D eigenvalue weighted by Crippen LogP contribution is 2.24. The molecule has 1 heterocycles. The number of nitrogens with zero attached hydrogens (tertiary/aromatic N) is 1. The van der Waals surface area contributed by atoms with Crippen molar-refractivity contribution in [1.82, 2.24) is 4.90 Å². The first-order valence-electron chi connectivity index (χ1n) is 5.08. The van der Waals surface area contributed by atoms with Crippen molar-refractivity contribution < 1.29 is 14.6 Å². The molecule has 0 atom stereocenters. The van der Waals surface area contributed by atoms with Crippen LogP contribution in [0.1, 0.15) is 26.7 Å². The van der Waals surface area contributed by atoms with Gasteiger partial charge in [-0.15, -0.1) is 0 Å². The summed E-state index contributed by atoms with van der Waals surface area (Å²) >= 11 is 0. The molecule has 0 radical (unpaired) electrons. The van der Waals surface area contributed by atoms with Gasteiger partial charge in [0.1, 0.15) is 6.61 Å². The summed E-state index contributed by atoms with van der Waals surface area (Å²) in [4.78, 5) is 12.9. The number of carbonyl (C=O) groups is 1. The number of rotatable bonds is 5. The zero-order valence-electron chi connectivity index (χ0n) is 8.95. The van der Waals surface area contributed by atoms with Crippen LogP contribution in [0.25, 0.3) is 0 Å². The average Bonchev–Trinajstić information content (AvgIpc) is 2.48. The lowest BCUT2D eigenvalue weighted by molar-refractivity contribution is 0.140. The van der Waals surface area contributed by atoms with E-state index in [-0.39, 0.29) is 18.1 Å². The maximum Gasteiger partial charge on any atom is 0.409 e. The van der Waals surface area contributed by atoms with Crippen LogP contribution in [0.4, 0.5) is 4.79 Å². The van der Waals surface area contributed by atoms with Crippen LogP contribution in [-0.2, 0) is 4.74 Å². The van der Waals surface area contributed by atoms with Gasteiger partial charge in [-0.3, -0.25) is 0 Å². The molecule has 4 heteroatoms. The molecule has 0 bridgehead atoms. The molecule has 1 rings (SSSR count). The minimum Gasteiger partial charge on any atom is -0.448 e. The Balaban J connectivity index is 2.37. The predicted octanol–water partition coefficient (Wildman–Crippen LogP) is 1.24. The van der Waals surface area contributed by atoms with E-state index >= 15 is 0 Å². The zero-order valence-corrected chi connectivity index (χ0v) is 8.95. The van der Waals surface area contributed by atoms with Gasteiger partial charge in [0.05, 0.1) is 6.54 Å². The van der Waals surface area contributed by atoms with E-state index in [4.69, 9.17) is 9.84 Å². The lowest BCUT2D eigenvalue weighted by Gasteiger charge is -2.28. The third-order valence-corrected chi connectivity index (χ3v) is 2.48. The van der Waals surface area contributed by atoms with Crippen molar-refractivity contribution in [3.05, 3.63) is 0 Å². The van der Waals surface area contributed by atoms with E-state index in [1.165, 1.54) is 0 Å². The number of cyclic esters (lactones) is 1. The summed E-state index contributed by atoms with van der Waals surface area (Å²) in [5, 5.41) is 8.74. The molecule has 14 heavy (non-hydrogen) atoms. The van der Waals surface area contributed by atoms with Gasteiger partial charge in [-0.1, -0.05) is 13.8 Å². The molecule has 0 spiro atoms. The van der Waals surface area contributed by atoms with Crippen LogP contribution in [0.3, 0.4) is 0 Å². The van der Waals surface area contributed by atoms with Crippen LogP contribution >= 0.6 is 0 Å². The Hall–Kier alpha value is -0.770. The Morgan fingerprint density at radius 2 is 2.29 bits per heavy atom. The third kappa shape index (κ3) is 3.18. The maximum atomic E-state index is 11.2. The van der Waals surface area contributed by atoms with E-state index in [1.54, 1.807) is 4.90 Å². The number of carbonyl (C=O) groups excluding carboxylic acids is 1. The second-order valence-corrected chi connectivity index (χ2v) is 4.53. The number of hydrogen-bond donors (Lipinski definition) is 1. The van der Waals surface area contributed by atoms with Gasteiger partial charge in [0, 0.05) is 13.2 Å². The third-order valence-electron chi connectivity index (χ3n) is 2.48. The minimum absolute atomic E-state index is 0.0616. The lowest BCUT2D eigenvalue weighted by atomic mass is 9.87. The largest absolute Gasteiger partial charge is 0.448 e. The monoisotopic (exact) mass is 201 g/mol. The van der Waals surface area contributed by atoms with Crippen molar-refractivity contribution in [2.45, 2.75) is 26.7 Å². The van der Waals surface area contributed by atoms with E-state index in [1.807, 2.05) is 0 Å². The van der Waals surface area contributed by atoms with Crippen molar-refractivity contribution in [1.29, 1.82) is 0 Å². The highest BCUT2D eigenvalue weighted by Gasteiger charge is 2.28. The van der Waals surface area contributed by atoms with E-state index in [0.717, 1.165) is 12.8 Å². The summed E-state index contributed by atoms with van der Waals surface area (Å²) in [6.45, 7) is 6.35. The summed E-state index contributed by atoms with van der Waals surface area (Å²) in [6, 6.07) is 0. The van der Waals surface area contributed by atoms with Crippen LogP contribution in [-0.4, -0.2) is 42.4 Å². The topological polar surface area (TPSA) is 49.8 Å². The van der Waals surface area contributed by atoms with Crippen molar-refractivity contribution in [3.8, 4) is 0 Å². The van der Waals surface area contributed by atoms with Crippen LogP contribution in [0.15, 0.2) is 0 Å². The zero-order chi connectivity index (χ0) is 10.6. The summed E-state index contributed by atoms with van der Waals surface area (Å²) in [6.07, 6.45) is 1.51. The lowest BCUT2D eigenvalue weighted by Crippen LogP contribution is -2.35. The molecule has 82 valence electrons. The smallest absolute Gasteiger partial charge is 0.409 e. The van der Waals surface area contributed by atoms with E-state index in [2.05, 4.69) is 13.8 Å². The second-order valence-electron chi connectivity index (χ2n) is 4.53. The van der Waals surface area contributed by atoms with Gasteiger partial charge in [-0.25, -0.2) is 4.79 Å². The van der Waals surface area contributed by atoms with Crippen LogP contribution in [0, 0.1) is 5.41 Å². The van der Waals surface area contributed by atoms with Crippen LogP contribution < -0.4 is 0 Å². The normalized spacial score (nSPS) is 17.4. The Morgan fingerprint density at radius 3 is 2.79 bits per heavy atom. The fraction of sp³-hybridized carbons (Fsp3) is 0.900. The number of aliphatic hydroxyl groups is 1. The van der Waals surface area contributed by atoms with Crippen LogP contribution in [0.5, 0.6) is 0 Å². The van der Waals surface area contributed by atoms with Gasteiger partial charge in [0.2, 0.25) is 0 Å². The van der Waals surface area contributed by atoms with Crippen molar-refractivity contribution >= 4 is 6.09 Å². The van der Waals surface area contributed by atoms with E-state index < -0.39 is 0 Å². The Labute approximate surface area is 84.8 Å². The molecule has 0 aliphatic carbocycles. The molecular formula is C10H19NO3. The number of aliphatic hydroxyl groups excluding tert-OH is 1. The van der Waals surface area contributed by atoms with Gasteiger partial charge < -0.3 is 14.7 Å². The Kier molecular flexibility index (Phi) is 3.75. The van der Waals surface area contributed by atoms with E-state index in [0.29, 0.717) is 19.7 Å². The molecule has 0 saturated carbocycles. The summed E-state index contributed by atoms with van der Waals surface area (Å²) < 4.78 is 4.85. The molecule has 1 aliphatic heterocycles. The highest BCUT2D eigenvalue weighted by atomic mass is 16.6. The van der Waals surface area contributed by atoms with Gasteiger partial charge in [-0.05, 0) is 18.3 Å². The van der Waals surface area contributed by atoms with Gasteiger partial charge in [-0.2, -0.15) is 0 Å².